The molecule has 0 spiro atoms. The van der Waals surface area contributed by atoms with Crippen LogP contribution >= 0.6 is 21.0 Å². The van der Waals surface area contributed by atoms with Crippen molar-refractivity contribution in [1.82, 2.24) is 14.8 Å². The fraction of sp³-hybridized carbons (Fsp3) is 0.351. The van der Waals surface area contributed by atoms with Gasteiger partial charge in [0.25, 0.3) is 0 Å². The van der Waals surface area contributed by atoms with E-state index in [2.05, 4.69) is 87.4 Å². The third kappa shape index (κ3) is 7.15. The Morgan fingerprint density at radius 3 is 2.87 bits per heavy atom. The van der Waals surface area contributed by atoms with E-state index in [0.29, 0.717) is 0 Å². The van der Waals surface area contributed by atoms with Crippen LogP contribution in [0.25, 0.3) is 22.2 Å². The number of fused-ring (bicyclic) bond motifs is 7. The lowest BCUT2D eigenvalue weighted by molar-refractivity contribution is -0.137. The van der Waals surface area contributed by atoms with Gasteiger partial charge in [-0.25, -0.2) is 0 Å². The van der Waals surface area contributed by atoms with Gasteiger partial charge in [-0.3, -0.25) is 9.48 Å². The topological polar surface area (TPSA) is 80.1 Å². The van der Waals surface area contributed by atoms with E-state index in [1.54, 1.807) is 0 Å². The molecule has 0 aliphatic carbocycles. The van der Waals surface area contributed by atoms with E-state index >= 15 is 0 Å². The number of H-pyrrole nitrogens is 1. The minimum atomic E-state index is -0.779. The number of carbonyl (C=O) groups is 1. The molecule has 2 N–H and O–H groups in total. The number of benzene rings is 3. The molecule has 0 radical (unpaired) electrons. The minimum absolute atomic E-state index is 0.0111. The van der Waals surface area contributed by atoms with Gasteiger partial charge in [0, 0.05) is 39.7 Å². The van der Waals surface area contributed by atoms with E-state index in [1.165, 1.54) is 10.9 Å². The number of aromatic nitrogens is 3. The number of nitrogens with one attached hydrogen (secondary N) is 1. The highest BCUT2D eigenvalue weighted by atomic mass is 32.2. The quantitative estimate of drug-likeness (QED) is 0.192. The van der Waals surface area contributed by atoms with Crippen LogP contribution in [-0.4, -0.2) is 37.3 Å². The zero-order chi connectivity index (χ0) is 31.6. The van der Waals surface area contributed by atoms with E-state index in [1.807, 2.05) is 43.2 Å². The molecular weight excluding hydrogens is 597 g/mol. The number of carboxylic acids is 1. The number of rotatable bonds is 4. The molecule has 0 amide bonds. The summed E-state index contributed by atoms with van der Waals surface area (Å²) in [5.41, 5.74) is 6.82. The van der Waals surface area contributed by atoms with Crippen molar-refractivity contribution in [2.75, 3.05) is 11.5 Å². The van der Waals surface area contributed by atoms with Crippen LogP contribution in [-0.2, 0) is 11.2 Å². The van der Waals surface area contributed by atoms with Gasteiger partial charge in [0.1, 0.15) is 11.5 Å². The summed E-state index contributed by atoms with van der Waals surface area (Å²) in [6.45, 7) is 6.74. The lowest BCUT2D eigenvalue weighted by Gasteiger charge is -2.27. The Balaban J connectivity index is 1.43. The second kappa shape index (κ2) is 13.4. The molecule has 1 aliphatic rings. The second-order valence-electron chi connectivity index (χ2n) is 13.0. The normalized spacial score (nSPS) is 17.9. The molecule has 2 bridgehead atoms. The Kier molecular flexibility index (Phi) is 9.39. The molecule has 5 aromatic rings. The molecule has 3 atom stereocenters. The first-order valence-corrected chi connectivity index (χ1v) is 17.5. The third-order valence-corrected chi connectivity index (χ3v) is 10.8. The van der Waals surface area contributed by atoms with E-state index < -0.39 is 5.97 Å². The van der Waals surface area contributed by atoms with Crippen LogP contribution in [0.5, 0.6) is 11.5 Å². The van der Waals surface area contributed by atoms with Crippen molar-refractivity contribution in [2.45, 2.75) is 64.8 Å². The fourth-order valence-electron chi connectivity index (χ4n) is 6.53. The molecule has 3 aromatic carbocycles. The number of aliphatic carboxylic acids is 1. The Labute approximate surface area is 272 Å². The number of ether oxygens (including phenoxy) is 1. The van der Waals surface area contributed by atoms with Crippen LogP contribution in [0.2, 0.25) is 0 Å². The molecule has 2 aromatic heterocycles. The fourth-order valence-corrected chi connectivity index (χ4v) is 8.12. The van der Waals surface area contributed by atoms with Crippen LogP contribution in [0.15, 0.2) is 79.1 Å². The average Bonchev–Trinajstić information content (AvgIpc) is 3.68. The highest BCUT2D eigenvalue weighted by Crippen LogP contribution is 2.38. The minimum Gasteiger partial charge on any atom is -0.481 e. The Hall–Kier alpha value is -3.54. The van der Waals surface area contributed by atoms with Crippen LogP contribution in [0.3, 0.4) is 0 Å². The Morgan fingerprint density at radius 1 is 1.18 bits per heavy atom. The largest absolute Gasteiger partial charge is 0.481 e. The van der Waals surface area contributed by atoms with Crippen molar-refractivity contribution in [2.24, 2.45) is 5.41 Å². The molecule has 0 saturated carbocycles. The maximum atomic E-state index is 11.5. The van der Waals surface area contributed by atoms with Gasteiger partial charge in [-0.15, -0.1) is 9.24 Å². The van der Waals surface area contributed by atoms with Gasteiger partial charge >= 0.3 is 5.97 Å². The van der Waals surface area contributed by atoms with Gasteiger partial charge in [0.2, 0.25) is 0 Å². The first-order valence-electron chi connectivity index (χ1n) is 15.8. The summed E-state index contributed by atoms with van der Waals surface area (Å²) in [5.74, 6) is 2.95. The van der Waals surface area contributed by atoms with Crippen LogP contribution in [0, 0.1) is 5.41 Å². The average molecular weight is 640 g/mol. The highest BCUT2D eigenvalue weighted by Gasteiger charge is 2.24. The van der Waals surface area contributed by atoms with Crippen molar-refractivity contribution < 1.29 is 14.6 Å². The molecule has 0 fully saturated rings. The zero-order valence-electron chi connectivity index (χ0n) is 26.3. The van der Waals surface area contributed by atoms with Crippen molar-refractivity contribution in [3.63, 3.8) is 0 Å². The van der Waals surface area contributed by atoms with Gasteiger partial charge in [-0.2, -0.15) is 16.9 Å². The Bertz CT molecular complexity index is 1810. The highest BCUT2D eigenvalue weighted by molar-refractivity contribution is 7.99. The first kappa shape index (κ1) is 31.4. The lowest BCUT2D eigenvalue weighted by Crippen LogP contribution is -2.18. The summed E-state index contributed by atoms with van der Waals surface area (Å²) < 4.78 is 8.88. The van der Waals surface area contributed by atoms with E-state index in [0.717, 1.165) is 81.9 Å². The lowest BCUT2D eigenvalue weighted by atomic mass is 9.87. The monoisotopic (exact) mass is 639 g/mol. The molecular formula is C37H42N3O3PS. The number of carboxylic acid groups (broad SMARTS) is 1. The summed E-state index contributed by atoms with van der Waals surface area (Å²) in [7, 11) is 2.88. The van der Waals surface area contributed by atoms with Crippen molar-refractivity contribution in [3.05, 3.63) is 95.8 Å². The number of thioether (sulfide) groups is 1. The van der Waals surface area contributed by atoms with Gasteiger partial charge in [-0.1, -0.05) is 63.6 Å². The van der Waals surface area contributed by atoms with Crippen molar-refractivity contribution >= 4 is 43.2 Å². The van der Waals surface area contributed by atoms with Gasteiger partial charge in [0.15, 0.2) is 0 Å². The predicted molar refractivity (Wildman–Crippen MR) is 189 cm³/mol. The third-order valence-electron chi connectivity index (χ3n) is 8.92. The number of aromatic amines is 1. The molecule has 0 saturated heterocycles. The van der Waals surface area contributed by atoms with E-state index in [9.17, 15) is 9.90 Å². The predicted octanol–water partition coefficient (Wildman–Crippen LogP) is 8.98. The molecule has 3 unspecified atom stereocenters. The summed E-state index contributed by atoms with van der Waals surface area (Å²) in [6.07, 6.45) is 8.02. The van der Waals surface area contributed by atoms with Crippen LogP contribution in [0.4, 0.5) is 0 Å². The van der Waals surface area contributed by atoms with Crippen molar-refractivity contribution in [1.29, 1.82) is 0 Å². The molecule has 234 valence electrons. The summed E-state index contributed by atoms with van der Waals surface area (Å²) in [6, 6.07) is 23.1. The number of aryl methyl sites for hydroxylation is 1. The molecule has 3 heterocycles. The van der Waals surface area contributed by atoms with E-state index in [-0.39, 0.29) is 23.8 Å². The number of hydrogen-bond donors (Lipinski definition) is 2. The smallest absolute Gasteiger partial charge is 0.303 e. The number of nitrogens with zero attached hydrogens (tertiary/aromatic N) is 2. The SMILES string of the molecule is CC(CC(=O)O)c1cccc(C2CCCC(C)(C)CSCCc3c(c(P)cc4[nH]ccc34)Oc3cccc(c3)-c3ccnn32)c1. The summed E-state index contributed by atoms with van der Waals surface area (Å²) >= 11 is 2.02. The summed E-state index contributed by atoms with van der Waals surface area (Å²) in [4.78, 5) is 14.9. The molecule has 8 heteroatoms. The molecule has 6 rings (SSSR count). The number of hydrogen-bond acceptors (Lipinski definition) is 4. The van der Waals surface area contributed by atoms with Gasteiger partial charge < -0.3 is 14.8 Å². The standard InChI is InChI=1S/C37H42N3O3PS/c1-24(19-35(41)42)25-7-4-8-26(20-25)32-11-6-15-37(2,3)23-45-18-14-30-29-12-16-38-31(29)22-34(44)36(30)43-28-10-5-9-27(21-28)33-13-17-39-40(32)33/h4-5,7-10,12-13,16-17,20-22,24,32,38H,6,11,14-15,18-19,23,44H2,1-3H3,(H,41,42). The molecule has 6 nitrogen and oxygen atoms in total. The zero-order valence-corrected chi connectivity index (χ0v) is 28.2. The maximum Gasteiger partial charge on any atom is 0.303 e. The van der Waals surface area contributed by atoms with E-state index in [4.69, 9.17) is 9.84 Å². The van der Waals surface area contributed by atoms with Gasteiger partial charge in [-0.05, 0) is 83.6 Å². The van der Waals surface area contributed by atoms with Gasteiger partial charge in [0.05, 0.1) is 18.2 Å². The molecule has 1 aliphatic heterocycles. The first-order chi connectivity index (χ1) is 21.7. The van der Waals surface area contributed by atoms with Crippen LogP contribution in [0.1, 0.15) is 75.1 Å². The Morgan fingerprint density at radius 2 is 2.02 bits per heavy atom. The van der Waals surface area contributed by atoms with Crippen molar-refractivity contribution in [3.8, 4) is 22.8 Å². The summed E-state index contributed by atoms with van der Waals surface area (Å²) in [5, 5.41) is 16.6. The second-order valence-corrected chi connectivity index (χ2v) is 14.8. The maximum absolute atomic E-state index is 11.5. The molecule has 45 heavy (non-hydrogen) atoms. The van der Waals surface area contributed by atoms with Crippen LogP contribution < -0.4 is 10.0 Å².